The summed E-state index contributed by atoms with van der Waals surface area (Å²) in [5, 5.41) is -1.01. The summed E-state index contributed by atoms with van der Waals surface area (Å²) >= 11 is 4.37. The summed E-state index contributed by atoms with van der Waals surface area (Å²) in [5.41, 5.74) is 6.97. The number of thiocarbonyl (C=S) groups is 1. The van der Waals surface area contributed by atoms with E-state index in [0.29, 0.717) is 0 Å². The Morgan fingerprint density at radius 3 is 2.80 bits per heavy atom. The number of hydrogen-bond donors (Lipinski definition) is 3. The van der Waals surface area contributed by atoms with Gasteiger partial charge in [0.2, 0.25) is 5.03 Å². The number of nitrogens with two attached hydrogens (primary N) is 1. The number of halogens is 1. The maximum absolute atomic E-state index is 13.0. The lowest BCUT2D eigenvalue weighted by Gasteiger charge is -2.06. The lowest BCUT2D eigenvalue weighted by Crippen LogP contribution is -2.44. The van der Waals surface area contributed by atoms with Crippen molar-refractivity contribution in [2.75, 3.05) is 0 Å². The summed E-state index contributed by atoms with van der Waals surface area (Å²) in [7, 11) is -4.10. The van der Waals surface area contributed by atoms with Gasteiger partial charge >= 0.3 is 0 Å². The van der Waals surface area contributed by atoms with Crippen molar-refractivity contribution >= 4 is 27.4 Å². The van der Waals surface area contributed by atoms with E-state index in [9.17, 15) is 12.8 Å². The first-order valence-electron chi connectivity index (χ1n) is 3.61. The minimum Gasteiger partial charge on any atom is -0.375 e. The first-order valence-corrected chi connectivity index (χ1v) is 5.50. The second-order valence-electron chi connectivity index (χ2n) is 2.39. The maximum atomic E-state index is 13.0. The number of nitrogens with zero attached hydrogens (tertiary/aromatic N) is 1. The summed E-state index contributed by atoms with van der Waals surface area (Å²) in [5.74, 6) is -0.963. The van der Waals surface area contributed by atoms with Crippen LogP contribution in [0.15, 0.2) is 23.4 Å². The molecule has 0 unspecified atom stereocenters. The van der Waals surface area contributed by atoms with Gasteiger partial charge in [-0.25, -0.2) is 17.8 Å². The maximum Gasteiger partial charge on any atom is 0.277 e. The normalized spacial score (nSPS) is 11.0. The Morgan fingerprint density at radius 2 is 2.27 bits per heavy atom. The Hall–Kier alpha value is -1.32. The predicted octanol–water partition coefficient (Wildman–Crippen LogP) is -0.753. The number of hydrogen-bond acceptors (Lipinski definition) is 4. The molecule has 1 rings (SSSR count). The number of sulfonamides is 1. The van der Waals surface area contributed by atoms with Crippen molar-refractivity contribution in [3.8, 4) is 0 Å². The molecule has 0 saturated carbocycles. The molecule has 0 spiro atoms. The van der Waals surface area contributed by atoms with Gasteiger partial charge in [0.1, 0.15) is 0 Å². The monoisotopic (exact) mass is 250 g/mol. The van der Waals surface area contributed by atoms with E-state index in [4.69, 9.17) is 5.73 Å². The van der Waals surface area contributed by atoms with Crippen LogP contribution in [0.3, 0.4) is 0 Å². The smallest absolute Gasteiger partial charge is 0.277 e. The fraction of sp³-hybridized carbons (Fsp3) is 0. The van der Waals surface area contributed by atoms with Crippen LogP contribution < -0.4 is 16.0 Å². The van der Waals surface area contributed by atoms with Crippen molar-refractivity contribution in [2.24, 2.45) is 5.73 Å². The Morgan fingerprint density at radius 1 is 1.60 bits per heavy atom. The zero-order valence-electron chi connectivity index (χ0n) is 7.27. The molecule has 0 aliphatic heterocycles. The highest BCUT2D eigenvalue weighted by Crippen LogP contribution is 2.08. The average molecular weight is 250 g/mol. The Kier molecular flexibility index (Phi) is 3.50. The van der Waals surface area contributed by atoms with Crippen molar-refractivity contribution < 1.29 is 12.8 Å². The van der Waals surface area contributed by atoms with Crippen LogP contribution in [0.1, 0.15) is 0 Å². The number of nitrogens with one attached hydrogen (secondary N) is 2. The van der Waals surface area contributed by atoms with E-state index in [-0.39, 0.29) is 5.11 Å². The molecule has 0 aliphatic rings. The van der Waals surface area contributed by atoms with E-state index in [1.807, 2.05) is 5.43 Å². The molecule has 15 heavy (non-hydrogen) atoms. The number of hydrazine groups is 1. The van der Waals surface area contributed by atoms with Crippen LogP contribution in [0.4, 0.5) is 4.39 Å². The van der Waals surface area contributed by atoms with Crippen LogP contribution in [-0.4, -0.2) is 18.5 Å². The first kappa shape index (κ1) is 11.8. The highest BCUT2D eigenvalue weighted by Gasteiger charge is 2.19. The quantitative estimate of drug-likeness (QED) is 0.482. The van der Waals surface area contributed by atoms with Crippen LogP contribution in [0.2, 0.25) is 0 Å². The minimum absolute atomic E-state index is 0.282. The van der Waals surface area contributed by atoms with E-state index in [2.05, 4.69) is 17.2 Å². The predicted molar refractivity (Wildman–Crippen MR) is 54.4 cm³/mol. The number of rotatable bonds is 3. The van der Waals surface area contributed by atoms with Crippen LogP contribution in [0.25, 0.3) is 0 Å². The van der Waals surface area contributed by atoms with Gasteiger partial charge < -0.3 is 5.73 Å². The van der Waals surface area contributed by atoms with Crippen molar-refractivity contribution in [1.29, 1.82) is 0 Å². The third-order valence-corrected chi connectivity index (χ3v) is 2.57. The molecule has 0 aromatic carbocycles. The average Bonchev–Trinajstić information content (AvgIpc) is 2.15. The Balaban J connectivity index is 2.97. The minimum atomic E-state index is -4.10. The molecule has 6 nitrogen and oxygen atoms in total. The summed E-state index contributed by atoms with van der Waals surface area (Å²) in [6, 6.07) is 2.25. The van der Waals surface area contributed by atoms with Crippen LogP contribution in [-0.2, 0) is 10.0 Å². The molecule has 1 heterocycles. The molecular weight excluding hydrogens is 243 g/mol. The molecule has 0 saturated heterocycles. The fourth-order valence-electron chi connectivity index (χ4n) is 0.735. The molecular formula is C6H7FN4O2S2. The van der Waals surface area contributed by atoms with Gasteiger partial charge in [0.05, 0.1) is 0 Å². The highest BCUT2D eigenvalue weighted by atomic mass is 32.2. The zero-order valence-corrected chi connectivity index (χ0v) is 8.90. The Bertz CT molecular complexity index is 476. The van der Waals surface area contributed by atoms with Gasteiger partial charge in [-0.3, -0.25) is 5.43 Å². The molecule has 1 aromatic heterocycles. The zero-order chi connectivity index (χ0) is 11.5. The molecule has 0 radical (unpaired) electrons. The lowest BCUT2D eigenvalue weighted by atomic mass is 10.5. The van der Waals surface area contributed by atoms with Gasteiger partial charge in [-0.05, 0) is 24.4 Å². The van der Waals surface area contributed by atoms with E-state index in [1.165, 1.54) is 6.07 Å². The fourth-order valence-corrected chi connectivity index (χ4v) is 1.72. The van der Waals surface area contributed by atoms with Crippen molar-refractivity contribution in [3.05, 3.63) is 24.1 Å². The van der Waals surface area contributed by atoms with Gasteiger partial charge in [-0.2, -0.15) is 0 Å². The van der Waals surface area contributed by atoms with E-state index in [0.717, 1.165) is 12.3 Å². The number of pyridine rings is 1. The third kappa shape index (κ3) is 3.08. The van der Waals surface area contributed by atoms with Gasteiger partial charge in [0, 0.05) is 6.20 Å². The van der Waals surface area contributed by atoms with Gasteiger partial charge in [-0.1, -0.05) is 0 Å². The van der Waals surface area contributed by atoms with Crippen LogP contribution >= 0.6 is 12.2 Å². The standard InChI is InChI=1S/C6H7FN4O2S2/c7-4-2-1-3-9-5(4)15(12,13)11-10-6(8)14/h1-3,11H,(H3,8,10,14). The van der Waals surface area contributed by atoms with Crippen LogP contribution in [0, 0.1) is 5.82 Å². The van der Waals surface area contributed by atoms with Gasteiger partial charge in [-0.15, -0.1) is 4.83 Å². The largest absolute Gasteiger partial charge is 0.375 e. The molecule has 0 amide bonds. The molecule has 9 heteroatoms. The topological polar surface area (TPSA) is 97.1 Å². The molecule has 0 bridgehead atoms. The molecule has 0 atom stereocenters. The summed E-state index contributed by atoms with van der Waals surface area (Å²) < 4.78 is 35.8. The van der Waals surface area contributed by atoms with E-state index < -0.39 is 20.9 Å². The molecule has 0 aliphatic carbocycles. The SMILES string of the molecule is NC(=S)NNS(=O)(=O)c1ncccc1F. The first-order chi connectivity index (χ1) is 6.93. The molecule has 82 valence electrons. The van der Waals surface area contributed by atoms with Gasteiger partial charge in [0.25, 0.3) is 10.0 Å². The van der Waals surface area contributed by atoms with E-state index in [1.54, 1.807) is 4.83 Å². The second kappa shape index (κ2) is 4.47. The Labute approximate surface area is 90.7 Å². The summed E-state index contributed by atoms with van der Waals surface area (Å²) in [6.07, 6.45) is 1.15. The summed E-state index contributed by atoms with van der Waals surface area (Å²) in [6.45, 7) is 0. The second-order valence-corrected chi connectivity index (χ2v) is 4.42. The third-order valence-electron chi connectivity index (χ3n) is 1.29. The van der Waals surface area contributed by atoms with E-state index >= 15 is 0 Å². The molecule has 0 fully saturated rings. The van der Waals surface area contributed by atoms with Gasteiger partial charge in [0.15, 0.2) is 10.9 Å². The highest BCUT2D eigenvalue weighted by molar-refractivity contribution is 7.89. The number of aromatic nitrogens is 1. The van der Waals surface area contributed by atoms with Crippen LogP contribution in [0.5, 0.6) is 0 Å². The molecule has 1 aromatic rings. The van der Waals surface area contributed by atoms with Crippen molar-refractivity contribution in [3.63, 3.8) is 0 Å². The van der Waals surface area contributed by atoms with Crippen molar-refractivity contribution in [1.82, 2.24) is 15.2 Å². The molecule has 4 N–H and O–H groups in total. The van der Waals surface area contributed by atoms with Crippen molar-refractivity contribution in [2.45, 2.75) is 5.03 Å². The summed E-state index contributed by atoms with van der Waals surface area (Å²) in [4.78, 5) is 5.15. The lowest BCUT2D eigenvalue weighted by molar-refractivity contribution is 0.542.